The molecule has 6 nitrogen and oxygen atoms in total. The number of carbonyl (C=O) groups excluding carboxylic acids is 1. The van der Waals surface area contributed by atoms with Crippen LogP contribution in [-0.2, 0) is 16.1 Å². The van der Waals surface area contributed by atoms with Crippen LogP contribution in [0.1, 0.15) is 18.4 Å². The first kappa shape index (κ1) is 14.6. The van der Waals surface area contributed by atoms with Gasteiger partial charge in [0.05, 0.1) is 6.04 Å². The van der Waals surface area contributed by atoms with Gasteiger partial charge in [0.1, 0.15) is 0 Å². The molecule has 0 aliphatic carbocycles. The monoisotopic (exact) mass is 280 g/mol. The highest BCUT2D eigenvalue weighted by Crippen LogP contribution is 2.35. The summed E-state index contributed by atoms with van der Waals surface area (Å²) in [6.45, 7) is 1.21. The molecule has 0 bridgehead atoms. The number of hydrogen-bond donors (Lipinski definition) is 2. The summed E-state index contributed by atoms with van der Waals surface area (Å²) in [4.78, 5) is 11.9. The lowest BCUT2D eigenvalue weighted by atomic mass is 10.1. The summed E-state index contributed by atoms with van der Waals surface area (Å²) >= 11 is 0. The molecule has 0 fully saturated rings. The molecule has 1 aliphatic rings. The third kappa shape index (κ3) is 3.61. The number of para-hydroxylation sites is 1. The van der Waals surface area contributed by atoms with Crippen molar-refractivity contribution in [2.24, 2.45) is 5.73 Å². The largest absolute Gasteiger partial charge is 0.454 e. The minimum Gasteiger partial charge on any atom is -0.454 e. The Bertz CT molecular complexity index is 464. The van der Waals surface area contributed by atoms with Gasteiger partial charge >= 0.3 is 0 Å². The maximum absolute atomic E-state index is 11.9. The van der Waals surface area contributed by atoms with Crippen LogP contribution in [0.2, 0.25) is 0 Å². The summed E-state index contributed by atoms with van der Waals surface area (Å²) in [5, 5.41) is 2.82. The Morgan fingerprint density at radius 3 is 3.15 bits per heavy atom. The van der Waals surface area contributed by atoms with E-state index in [1.54, 1.807) is 7.11 Å². The van der Waals surface area contributed by atoms with Gasteiger partial charge in [-0.1, -0.05) is 12.1 Å². The number of ether oxygens (including phenoxy) is 3. The van der Waals surface area contributed by atoms with Crippen LogP contribution in [0.4, 0.5) is 0 Å². The van der Waals surface area contributed by atoms with Crippen LogP contribution in [0.5, 0.6) is 11.5 Å². The zero-order valence-electron chi connectivity index (χ0n) is 11.6. The van der Waals surface area contributed by atoms with Crippen molar-refractivity contribution in [2.75, 3.05) is 20.5 Å². The quantitative estimate of drug-likeness (QED) is 0.721. The first-order chi connectivity index (χ1) is 9.72. The molecule has 1 aromatic carbocycles. The van der Waals surface area contributed by atoms with Crippen LogP contribution in [0.25, 0.3) is 0 Å². The highest BCUT2D eigenvalue weighted by Gasteiger charge is 2.18. The van der Waals surface area contributed by atoms with Crippen LogP contribution in [0.3, 0.4) is 0 Å². The number of hydrogen-bond acceptors (Lipinski definition) is 5. The standard InChI is InChI=1S/C14H20N2O4/c1-18-7-3-5-11(15)14(17)16-8-10-4-2-6-12-13(10)20-9-19-12/h2,4,6,11H,3,5,7-9,15H2,1H3,(H,16,17). The van der Waals surface area contributed by atoms with Gasteiger partial charge in [0, 0.05) is 25.8 Å². The second-order valence-corrected chi connectivity index (χ2v) is 4.61. The molecule has 1 heterocycles. The predicted molar refractivity (Wildman–Crippen MR) is 73.5 cm³/mol. The lowest BCUT2D eigenvalue weighted by molar-refractivity contribution is -0.122. The van der Waals surface area contributed by atoms with Crippen molar-refractivity contribution in [3.8, 4) is 11.5 Å². The van der Waals surface area contributed by atoms with Crippen molar-refractivity contribution >= 4 is 5.91 Å². The Balaban J connectivity index is 1.83. The van der Waals surface area contributed by atoms with E-state index in [0.717, 1.165) is 12.0 Å². The number of carbonyl (C=O) groups is 1. The van der Waals surface area contributed by atoms with Crippen molar-refractivity contribution in [1.29, 1.82) is 0 Å². The predicted octanol–water partition coefficient (Wildman–Crippen LogP) is 0.785. The van der Waals surface area contributed by atoms with Crippen LogP contribution >= 0.6 is 0 Å². The summed E-state index contributed by atoms with van der Waals surface area (Å²) in [5.74, 6) is 1.24. The van der Waals surface area contributed by atoms with E-state index in [9.17, 15) is 4.79 Å². The normalized spacial score (nSPS) is 14.1. The number of nitrogens with two attached hydrogens (primary N) is 1. The fraction of sp³-hybridized carbons (Fsp3) is 0.500. The number of benzene rings is 1. The molecule has 0 radical (unpaired) electrons. The van der Waals surface area contributed by atoms with Crippen molar-refractivity contribution < 1.29 is 19.0 Å². The molecule has 6 heteroatoms. The highest BCUT2D eigenvalue weighted by molar-refractivity contribution is 5.81. The molecule has 1 amide bonds. The molecule has 0 saturated carbocycles. The Kier molecular flexibility index (Phi) is 5.20. The second kappa shape index (κ2) is 7.12. The minimum atomic E-state index is -0.515. The average Bonchev–Trinajstić information content (AvgIpc) is 2.93. The van der Waals surface area contributed by atoms with Gasteiger partial charge in [0.15, 0.2) is 11.5 Å². The van der Waals surface area contributed by atoms with Crippen molar-refractivity contribution in [3.63, 3.8) is 0 Å². The maximum Gasteiger partial charge on any atom is 0.237 e. The zero-order chi connectivity index (χ0) is 14.4. The number of amides is 1. The lowest BCUT2D eigenvalue weighted by Gasteiger charge is -2.12. The first-order valence-electron chi connectivity index (χ1n) is 6.62. The Morgan fingerprint density at radius 1 is 1.50 bits per heavy atom. The Hall–Kier alpha value is -1.79. The van der Waals surface area contributed by atoms with E-state index >= 15 is 0 Å². The van der Waals surface area contributed by atoms with Crippen molar-refractivity contribution in [2.45, 2.75) is 25.4 Å². The van der Waals surface area contributed by atoms with Gasteiger partial charge in [-0.15, -0.1) is 0 Å². The fourth-order valence-corrected chi connectivity index (χ4v) is 2.02. The van der Waals surface area contributed by atoms with E-state index in [0.29, 0.717) is 31.1 Å². The van der Waals surface area contributed by atoms with Gasteiger partial charge in [-0.2, -0.15) is 0 Å². The molecule has 1 atom stereocenters. The minimum absolute atomic E-state index is 0.169. The van der Waals surface area contributed by atoms with Crippen LogP contribution < -0.4 is 20.5 Å². The second-order valence-electron chi connectivity index (χ2n) is 4.61. The maximum atomic E-state index is 11.9. The van der Waals surface area contributed by atoms with Crippen molar-refractivity contribution in [1.82, 2.24) is 5.32 Å². The van der Waals surface area contributed by atoms with Gasteiger partial charge in [0.2, 0.25) is 12.7 Å². The van der Waals surface area contributed by atoms with E-state index in [1.165, 1.54) is 0 Å². The first-order valence-corrected chi connectivity index (χ1v) is 6.62. The molecule has 20 heavy (non-hydrogen) atoms. The zero-order valence-corrected chi connectivity index (χ0v) is 11.6. The summed E-state index contributed by atoms with van der Waals surface area (Å²) in [6, 6.07) is 5.08. The highest BCUT2D eigenvalue weighted by atomic mass is 16.7. The summed E-state index contributed by atoms with van der Waals surface area (Å²) in [6.07, 6.45) is 1.37. The van der Waals surface area contributed by atoms with Crippen LogP contribution in [0.15, 0.2) is 18.2 Å². The smallest absolute Gasteiger partial charge is 0.237 e. The van der Waals surface area contributed by atoms with Crippen molar-refractivity contribution in [3.05, 3.63) is 23.8 Å². The van der Waals surface area contributed by atoms with E-state index in [2.05, 4.69) is 5.32 Å². The summed E-state index contributed by atoms with van der Waals surface area (Å²) in [5.41, 5.74) is 6.70. The average molecular weight is 280 g/mol. The third-order valence-electron chi connectivity index (χ3n) is 3.13. The van der Waals surface area contributed by atoms with E-state index in [1.807, 2.05) is 18.2 Å². The topological polar surface area (TPSA) is 82.8 Å². The fourth-order valence-electron chi connectivity index (χ4n) is 2.02. The van der Waals surface area contributed by atoms with Crippen LogP contribution in [-0.4, -0.2) is 32.5 Å². The van der Waals surface area contributed by atoms with E-state index < -0.39 is 6.04 Å². The number of rotatable bonds is 7. The Morgan fingerprint density at radius 2 is 2.35 bits per heavy atom. The Labute approximate surface area is 118 Å². The van der Waals surface area contributed by atoms with E-state index in [-0.39, 0.29) is 12.7 Å². The molecular formula is C14H20N2O4. The van der Waals surface area contributed by atoms with E-state index in [4.69, 9.17) is 19.9 Å². The lowest BCUT2D eigenvalue weighted by Crippen LogP contribution is -2.40. The molecule has 1 aliphatic heterocycles. The van der Waals surface area contributed by atoms with Gasteiger partial charge < -0.3 is 25.3 Å². The molecule has 0 spiro atoms. The molecule has 2 rings (SSSR count). The van der Waals surface area contributed by atoms with Gasteiger partial charge in [-0.25, -0.2) is 0 Å². The molecule has 0 aromatic heterocycles. The SMILES string of the molecule is COCCCC(N)C(=O)NCc1cccc2c1OCO2. The molecular weight excluding hydrogens is 260 g/mol. The number of fused-ring (bicyclic) bond motifs is 1. The number of nitrogens with one attached hydrogen (secondary N) is 1. The summed E-state index contributed by atoms with van der Waals surface area (Å²) in [7, 11) is 1.63. The van der Waals surface area contributed by atoms with Gasteiger partial charge in [-0.05, 0) is 18.9 Å². The van der Waals surface area contributed by atoms with Gasteiger partial charge in [0.25, 0.3) is 0 Å². The van der Waals surface area contributed by atoms with Gasteiger partial charge in [-0.3, -0.25) is 4.79 Å². The molecule has 1 unspecified atom stereocenters. The number of methoxy groups -OCH3 is 1. The molecule has 0 saturated heterocycles. The molecule has 1 aromatic rings. The summed E-state index contributed by atoms with van der Waals surface area (Å²) < 4.78 is 15.6. The van der Waals surface area contributed by atoms with Crippen LogP contribution in [0, 0.1) is 0 Å². The third-order valence-corrected chi connectivity index (χ3v) is 3.13. The molecule has 3 N–H and O–H groups in total. The molecule has 110 valence electrons.